The predicted molar refractivity (Wildman–Crippen MR) is 123 cm³/mol. The maximum Gasteiger partial charge on any atom is 0.343 e. The summed E-state index contributed by atoms with van der Waals surface area (Å²) in [6.45, 7) is 1.82. The van der Waals surface area contributed by atoms with Gasteiger partial charge < -0.3 is 4.74 Å². The molecule has 3 aromatic carbocycles. The summed E-state index contributed by atoms with van der Waals surface area (Å²) in [5, 5.41) is 2.66. The smallest absolute Gasteiger partial charge is 0.343 e. The van der Waals surface area contributed by atoms with Crippen molar-refractivity contribution in [1.82, 2.24) is 5.32 Å². The van der Waals surface area contributed by atoms with Gasteiger partial charge in [-0.3, -0.25) is 14.9 Å². The SMILES string of the molecule is Cc1cccc(N2C(=O)NC(=O)/C(=C/c3ccccc3OC(=O)c3ccc(Cl)cc3)C2=O)c1. The van der Waals surface area contributed by atoms with Gasteiger partial charge in [-0.2, -0.15) is 0 Å². The second-order valence-corrected chi connectivity index (χ2v) is 7.67. The minimum atomic E-state index is -0.840. The molecule has 0 aliphatic carbocycles. The Morgan fingerprint density at radius 1 is 0.970 bits per heavy atom. The van der Waals surface area contributed by atoms with Crippen molar-refractivity contribution in [2.24, 2.45) is 0 Å². The van der Waals surface area contributed by atoms with Crippen molar-refractivity contribution in [2.75, 3.05) is 4.90 Å². The topological polar surface area (TPSA) is 92.8 Å². The van der Waals surface area contributed by atoms with Crippen LogP contribution in [0.2, 0.25) is 5.02 Å². The first-order chi connectivity index (χ1) is 15.8. The van der Waals surface area contributed by atoms with Crippen LogP contribution in [0.5, 0.6) is 5.75 Å². The quantitative estimate of drug-likeness (QED) is 0.267. The molecule has 1 N–H and O–H groups in total. The van der Waals surface area contributed by atoms with E-state index in [0.29, 0.717) is 16.3 Å². The van der Waals surface area contributed by atoms with Crippen LogP contribution in [0.15, 0.2) is 78.4 Å². The minimum absolute atomic E-state index is 0.143. The summed E-state index contributed by atoms with van der Waals surface area (Å²) < 4.78 is 5.48. The molecule has 7 nitrogen and oxygen atoms in total. The fourth-order valence-corrected chi connectivity index (χ4v) is 3.38. The maximum absolute atomic E-state index is 13.1. The molecule has 0 saturated carbocycles. The number of hydrogen-bond acceptors (Lipinski definition) is 5. The molecule has 1 heterocycles. The van der Waals surface area contributed by atoms with Gasteiger partial charge in [0.25, 0.3) is 11.8 Å². The average Bonchev–Trinajstić information content (AvgIpc) is 2.78. The maximum atomic E-state index is 13.1. The number of nitrogens with zero attached hydrogens (tertiary/aromatic N) is 1. The van der Waals surface area contributed by atoms with Crippen molar-refractivity contribution in [3.05, 3.63) is 100 Å². The highest BCUT2D eigenvalue weighted by Gasteiger charge is 2.37. The summed E-state index contributed by atoms with van der Waals surface area (Å²) in [6, 6.07) is 18.6. The molecule has 1 aliphatic heterocycles. The van der Waals surface area contributed by atoms with Crippen LogP contribution in [0.1, 0.15) is 21.5 Å². The summed E-state index contributed by atoms with van der Waals surface area (Å²) in [5.41, 5.74) is 1.50. The molecule has 4 amide bonds. The lowest BCUT2D eigenvalue weighted by Crippen LogP contribution is -2.54. The molecule has 4 rings (SSSR count). The highest BCUT2D eigenvalue weighted by molar-refractivity contribution is 6.39. The minimum Gasteiger partial charge on any atom is -0.422 e. The Morgan fingerprint density at radius 3 is 2.42 bits per heavy atom. The van der Waals surface area contributed by atoms with E-state index in [1.54, 1.807) is 48.5 Å². The van der Waals surface area contributed by atoms with E-state index in [1.165, 1.54) is 24.3 Å². The van der Waals surface area contributed by atoms with E-state index in [4.69, 9.17) is 16.3 Å². The highest BCUT2D eigenvalue weighted by Crippen LogP contribution is 2.26. The molecule has 0 aromatic heterocycles. The molecule has 0 radical (unpaired) electrons. The van der Waals surface area contributed by atoms with Gasteiger partial charge >= 0.3 is 12.0 Å². The molecule has 0 bridgehead atoms. The fourth-order valence-electron chi connectivity index (χ4n) is 3.25. The number of halogens is 1. The van der Waals surface area contributed by atoms with E-state index in [-0.39, 0.29) is 16.9 Å². The van der Waals surface area contributed by atoms with E-state index >= 15 is 0 Å². The molecule has 0 spiro atoms. The van der Waals surface area contributed by atoms with E-state index in [0.717, 1.165) is 10.5 Å². The van der Waals surface area contributed by atoms with E-state index in [2.05, 4.69) is 5.32 Å². The number of urea groups is 1. The number of carbonyl (C=O) groups excluding carboxylic acids is 4. The molecule has 3 aromatic rings. The third kappa shape index (κ3) is 4.68. The number of benzene rings is 3. The highest BCUT2D eigenvalue weighted by atomic mass is 35.5. The van der Waals surface area contributed by atoms with Crippen LogP contribution < -0.4 is 15.0 Å². The zero-order valence-electron chi connectivity index (χ0n) is 17.4. The summed E-state index contributed by atoms with van der Waals surface area (Å²) in [4.78, 5) is 51.4. The van der Waals surface area contributed by atoms with Crippen LogP contribution in [-0.4, -0.2) is 23.8 Å². The molecule has 1 saturated heterocycles. The molecular weight excluding hydrogens is 444 g/mol. The second-order valence-electron chi connectivity index (χ2n) is 7.23. The van der Waals surface area contributed by atoms with Crippen LogP contribution in [0, 0.1) is 6.92 Å². The number of para-hydroxylation sites is 1. The first kappa shape index (κ1) is 22.0. The van der Waals surface area contributed by atoms with Crippen molar-refractivity contribution >= 4 is 47.2 Å². The molecule has 8 heteroatoms. The number of barbiturate groups is 1. The predicted octanol–water partition coefficient (Wildman–Crippen LogP) is 4.53. The number of carbonyl (C=O) groups is 4. The van der Waals surface area contributed by atoms with Crippen molar-refractivity contribution in [1.29, 1.82) is 0 Å². The van der Waals surface area contributed by atoms with Crippen molar-refractivity contribution < 1.29 is 23.9 Å². The Hall–Kier alpha value is -4.23. The van der Waals surface area contributed by atoms with E-state index < -0.39 is 23.8 Å². The van der Waals surface area contributed by atoms with Gasteiger partial charge in [0.1, 0.15) is 11.3 Å². The van der Waals surface area contributed by atoms with Gasteiger partial charge in [0, 0.05) is 10.6 Å². The van der Waals surface area contributed by atoms with Crippen molar-refractivity contribution in [3.8, 4) is 5.75 Å². The number of imide groups is 2. The van der Waals surface area contributed by atoms with Gasteiger partial charge in [-0.25, -0.2) is 14.5 Å². The Bertz CT molecular complexity index is 1310. The van der Waals surface area contributed by atoms with Crippen LogP contribution in [-0.2, 0) is 9.59 Å². The van der Waals surface area contributed by atoms with Crippen LogP contribution in [0.25, 0.3) is 6.08 Å². The van der Waals surface area contributed by atoms with Crippen LogP contribution in [0.3, 0.4) is 0 Å². The van der Waals surface area contributed by atoms with Gasteiger partial charge in [-0.1, -0.05) is 41.9 Å². The summed E-state index contributed by atoms with van der Waals surface area (Å²) >= 11 is 5.85. The zero-order chi connectivity index (χ0) is 23.5. The molecule has 164 valence electrons. The lowest BCUT2D eigenvalue weighted by atomic mass is 10.1. The number of hydrogen-bond donors (Lipinski definition) is 1. The lowest BCUT2D eigenvalue weighted by Gasteiger charge is -2.26. The van der Waals surface area contributed by atoms with Crippen LogP contribution in [0.4, 0.5) is 10.5 Å². The molecule has 0 unspecified atom stereocenters. The second kappa shape index (κ2) is 9.10. The molecule has 1 aliphatic rings. The Labute approximate surface area is 194 Å². The number of nitrogens with one attached hydrogen (secondary N) is 1. The van der Waals surface area contributed by atoms with Crippen LogP contribution >= 0.6 is 11.6 Å². The first-order valence-electron chi connectivity index (χ1n) is 9.88. The van der Waals surface area contributed by atoms with Gasteiger partial charge in [-0.05, 0) is 61.0 Å². The number of aryl methyl sites for hydroxylation is 1. The number of rotatable bonds is 4. The molecular formula is C25H17ClN2O5. The van der Waals surface area contributed by atoms with Gasteiger partial charge in [0.2, 0.25) is 0 Å². The Morgan fingerprint density at radius 2 is 1.70 bits per heavy atom. The Kier molecular flexibility index (Phi) is 6.06. The van der Waals surface area contributed by atoms with E-state index in [9.17, 15) is 19.2 Å². The largest absolute Gasteiger partial charge is 0.422 e. The lowest BCUT2D eigenvalue weighted by molar-refractivity contribution is -0.122. The van der Waals surface area contributed by atoms with Crippen molar-refractivity contribution in [3.63, 3.8) is 0 Å². The average molecular weight is 461 g/mol. The normalized spacial score (nSPS) is 14.9. The first-order valence-corrected chi connectivity index (χ1v) is 10.3. The zero-order valence-corrected chi connectivity index (χ0v) is 18.1. The molecule has 1 fully saturated rings. The fraction of sp³-hybridized carbons (Fsp3) is 0.0400. The van der Waals surface area contributed by atoms with Gasteiger partial charge in [0.05, 0.1) is 11.3 Å². The molecule has 0 atom stereocenters. The van der Waals surface area contributed by atoms with E-state index in [1.807, 2.05) is 13.0 Å². The summed E-state index contributed by atoms with van der Waals surface area (Å²) in [5.74, 6) is -2.11. The third-order valence-electron chi connectivity index (χ3n) is 4.86. The number of anilines is 1. The summed E-state index contributed by atoms with van der Waals surface area (Å²) in [6.07, 6.45) is 1.29. The van der Waals surface area contributed by atoms with Gasteiger partial charge in [-0.15, -0.1) is 0 Å². The Balaban J connectivity index is 1.67. The number of ether oxygens (including phenoxy) is 1. The summed E-state index contributed by atoms with van der Waals surface area (Å²) in [7, 11) is 0. The van der Waals surface area contributed by atoms with Crippen molar-refractivity contribution in [2.45, 2.75) is 6.92 Å². The van der Waals surface area contributed by atoms with Gasteiger partial charge in [0.15, 0.2) is 0 Å². The third-order valence-corrected chi connectivity index (χ3v) is 5.11. The standard InChI is InChI=1S/C25H17ClN2O5/c1-15-5-4-7-19(13-15)28-23(30)20(22(29)27-25(28)32)14-17-6-2-3-8-21(17)33-24(31)16-9-11-18(26)12-10-16/h2-14H,1H3,(H,27,29,32)/b20-14-. The molecule has 33 heavy (non-hydrogen) atoms. The number of amides is 4. The monoisotopic (exact) mass is 460 g/mol. The number of esters is 1.